The Labute approximate surface area is 195 Å². The van der Waals surface area contributed by atoms with Crippen LogP contribution in [0.5, 0.6) is 0 Å². The molecule has 182 valence electrons. The zero-order valence-electron chi connectivity index (χ0n) is 21.5. The molecule has 0 aliphatic heterocycles. The third kappa shape index (κ3) is 8.68. The van der Waals surface area contributed by atoms with Crippen molar-refractivity contribution >= 4 is 0 Å². The summed E-state index contributed by atoms with van der Waals surface area (Å²) in [6.07, 6.45) is 26.2. The molecule has 0 bridgehead atoms. The van der Waals surface area contributed by atoms with Crippen LogP contribution in [0.3, 0.4) is 0 Å². The van der Waals surface area contributed by atoms with Crippen LogP contribution in [-0.2, 0) is 0 Å². The van der Waals surface area contributed by atoms with Crippen molar-refractivity contribution in [2.45, 2.75) is 136 Å². The van der Waals surface area contributed by atoms with E-state index in [1.54, 1.807) is 0 Å². The molecule has 0 aromatic carbocycles. The monoisotopic (exact) mass is 432 g/mol. The van der Waals surface area contributed by atoms with E-state index in [1.165, 1.54) is 109 Å². The molecule has 6 atom stereocenters. The minimum absolute atomic E-state index is 0.378. The fourth-order valence-corrected chi connectivity index (χ4v) is 7.76. The van der Waals surface area contributed by atoms with Crippen molar-refractivity contribution in [1.82, 2.24) is 0 Å². The maximum atomic E-state index is 8.97. The Bertz CT molecular complexity index is 465. The standard InChI is InChI=1S/C30H56O/c1-23-8-10-26(11-9-23)12-13-28-15-17-30(25(3)22-28)19-18-29-16-14-27(21-24(29)2)7-5-4-6-20-31/h23-31H,4-22H2,1-3H3. The number of rotatable bonds is 11. The first-order valence-corrected chi connectivity index (χ1v) is 14.7. The van der Waals surface area contributed by atoms with E-state index in [9.17, 15) is 0 Å². The second-order valence-electron chi connectivity index (χ2n) is 12.7. The zero-order chi connectivity index (χ0) is 22.1. The summed E-state index contributed by atoms with van der Waals surface area (Å²) in [5.74, 6) is 8.04. The molecule has 3 aliphatic rings. The highest BCUT2D eigenvalue weighted by molar-refractivity contribution is 4.83. The lowest BCUT2D eigenvalue weighted by atomic mass is 9.67. The van der Waals surface area contributed by atoms with Gasteiger partial charge in [0.25, 0.3) is 0 Å². The fraction of sp³-hybridized carbons (Fsp3) is 1.00. The summed E-state index contributed by atoms with van der Waals surface area (Å²) >= 11 is 0. The predicted molar refractivity (Wildman–Crippen MR) is 135 cm³/mol. The van der Waals surface area contributed by atoms with Crippen LogP contribution in [0.2, 0.25) is 0 Å². The quantitative estimate of drug-likeness (QED) is 0.323. The maximum Gasteiger partial charge on any atom is 0.0431 e. The summed E-state index contributed by atoms with van der Waals surface area (Å²) in [6.45, 7) is 7.97. The first-order chi connectivity index (χ1) is 15.0. The van der Waals surface area contributed by atoms with Crippen molar-refractivity contribution in [2.24, 2.45) is 47.3 Å². The van der Waals surface area contributed by atoms with Gasteiger partial charge in [-0.1, -0.05) is 91.4 Å². The van der Waals surface area contributed by atoms with E-state index in [0.29, 0.717) is 6.61 Å². The highest BCUT2D eigenvalue weighted by atomic mass is 16.2. The van der Waals surface area contributed by atoms with Crippen LogP contribution in [0.4, 0.5) is 0 Å². The first kappa shape index (κ1) is 25.6. The number of aliphatic hydroxyl groups is 1. The molecule has 1 heteroatoms. The van der Waals surface area contributed by atoms with Gasteiger partial charge in [0, 0.05) is 6.61 Å². The van der Waals surface area contributed by atoms with Gasteiger partial charge in [0.05, 0.1) is 0 Å². The molecule has 0 aromatic rings. The van der Waals surface area contributed by atoms with Gasteiger partial charge >= 0.3 is 0 Å². The molecule has 3 aliphatic carbocycles. The molecule has 1 N–H and O–H groups in total. The van der Waals surface area contributed by atoms with Crippen molar-refractivity contribution in [3.8, 4) is 0 Å². The average molecular weight is 433 g/mol. The first-order valence-electron chi connectivity index (χ1n) is 14.7. The molecule has 0 spiro atoms. The minimum atomic E-state index is 0.378. The van der Waals surface area contributed by atoms with Crippen molar-refractivity contribution in [3.05, 3.63) is 0 Å². The molecule has 0 amide bonds. The van der Waals surface area contributed by atoms with Crippen molar-refractivity contribution in [1.29, 1.82) is 0 Å². The third-order valence-corrected chi connectivity index (χ3v) is 10.2. The second kappa shape index (κ2) is 13.6. The number of aliphatic hydroxyl groups excluding tert-OH is 1. The summed E-state index contributed by atoms with van der Waals surface area (Å²) in [6, 6.07) is 0. The topological polar surface area (TPSA) is 20.2 Å². The fourth-order valence-electron chi connectivity index (χ4n) is 7.76. The van der Waals surface area contributed by atoms with Gasteiger partial charge in [-0.05, 0) is 92.3 Å². The van der Waals surface area contributed by atoms with Gasteiger partial charge in [-0.15, -0.1) is 0 Å². The lowest BCUT2D eigenvalue weighted by Crippen LogP contribution is -2.27. The van der Waals surface area contributed by atoms with E-state index in [1.807, 2.05) is 0 Å². The van der Waals surface area contributed by atoms with Crippen LogP contribution in [0, 0.1) is 47.3 Å². The van der Waals surface area contributed by atoms with Gasteiger partial charge in [0.15, 0.2) is 0 Å². The van der Waals surface area contributed by atoms with Gasteiger partial charge in [0.1, 0.15) is 0 Å². The molecule has 3 saturated carbocycles. The van der Waals surface area contributed by atoms with Crippen molar-refractivity contribution < 1.29 is 5.11 Å². The molecule has 1 nitrogen and oxygen atoms in total. The van der Waals surface area contributed by atoms with E-state index in [4.69, 9.17) is 5.11 Å². The third-order valence-electron chi connectivity index (χ3n) is 10.2. The van der Waals surface area contributed by atoms with E-state index in [0.717, 1.165) is 53.8 Å². The molecule has 6 unspecified atom stereocenters. The van der Waals surface area contributed by atoms with E-state index >= 15 is 0 Å². The molecule has 0 heterocycles. The molecule has 0 aromatic heterocycles. The van der Waals surface area contributed by atoms with E-state index in [-0.39, 0.29) is 0 Å². The Balaban J connectivity index is 1.28. The Morgan fingerprint density at radius 1 is 0.516 bits per heavy atom. The maximum absolute atomic E-state index is 8.97. The smallest absolute Gasteiger partial charge is 0.0431 e. The molecule has 3 rings (SSSR count). The van der Waals surface area contributed by atoms with E-state index in [2.05, 4.69) is 20.8 Å². The summed E-state index contributed by atoms with van der Waals surface area (Å²) in [7, 11) is 0. The molecule has 0 radical (unpaired) electrons. The van der Waals surface area contributed by atoms with Crippen LogP contribution in [0.15, 0.2) is 0 Å². The Morgan fingerprint density at radius 2 is 1.03 bits per heavy atom. The highest BCUT2D eigenvalue weighted by Crippen LogP contribution is 2.43. The normalized spacial score (nSPS) is 39.5. The van der Waals surface area contributed by atoms with Gasteiger partial charge in [0.2, 0.25) is 0 Å². The minimum Gasteiger partial charge on any atom is -0.396 e. The summed E-state index contributed by atoms with van der Waals surface area (Å²) < 4.78 is 0. The van der Waals surface area contributed by atoms with Gasteiger partial charge in [-0.2, -0.15) is 0 Å². The van der Waals surface area contributed by atoms with Gasteiger partial charge in [-0.3, -0.25) is 0 Å². The second-order valence-corrected chi connectivity index (χ2v) is 12.7. The summed E-state index contributed by atoms with van der Waals surface area (Å²) in [5, 5.41) is 8.97. The molecule has 31 heavy (non-hydrogen) atoms. The zero-order valence-corrected chi connectivity index (χ0v) is 21.5. The number of unbranched alkanes of at least 4 members (excludes halogenated alkanes) is 2. The SMILES string of the molecule is CC1CCC(CCC2CCC(CCC3CCC(CCCCCO)CC3C)C(C)C2)CC1. The van der Waals surface area contributed by atoms with E-state index < -0.39 is 0 Å². The van der Waals surface area contributed by atoms with Crippen LogP contribution in [0.1, 0.15) is 136 Å². The number of hydrogen-bond acceptors (Lipinski definition) is 1. The average Bonchev–Trinajstić information content (AvgIpc) is 2.77. The van der Waals surface area contributed by atoms with Crippen LogP contribution < -0.4 is 0 Å². The van der Waals surface area contributed by atoms with Crippen molar-refractivity contribution in [3.63, 3.8) is 0 Å². The predicted octanol–water partition coefficient (Wildman–Crippen LogP) is 9.03. The van der Waals surface area contributed by atoms with Gasteiger partial charge in [-0.25, -0.2) is 0 Å². The number of hydrogen-bond donors (Lipinski definition) is 1. The van der Waals surface area contributed by atoms with Crippen LogP contribution in [0.25, 0.3) is 0 Å². The highest BCUT2D eigenvalue weighted by Gasteiger charge is 2.31. The molecule has 0 saturated heterocycles. The van der Waals surface area contributed by atoms with Crippen LogP contribution >= 0.6 is 0 Å². The molecule has 3 fully saturated rings. The van der Waals surface area contributed by atoms with Gasteiger partial charge < -0.3 is 5.11 Å². The summed E-state index contributed by atoms with van der Waals surface area (Å²) in [4.78, 5) is 0. The Hall–Kier alpha value is -0.0400. The largest absolute Gasteiger partial charge is 0.396 e. The lowest BCUT2D eigenvalue weighted by molar-refractivity contribution is 0.131. The molecular formula is C30H56O. The summed E-state index contributed by atoms with van der Waals surface area (Å²) in [5.41, 5.74) is 0. The Kier molecular flexibility index (Phi) is 11.2. The lowest BCUT2D eigenvalue weighted by Gasteiger charge is -2.38. The van der Waals surface area contributed by atoms with Crippen LogP contribution in [-0.4, -0.2) is 11.7 Å². The van der Waals surface area contributed by atoms with Crippen molar-refractivity contribution in [2.75, 3.05) is 6.61 Å². The Morgan fingerprint density at radius 3 is 1.58 bits per heavy atom. The molecular weight excluding hydrogens is 376 g/mol.